The van der Waals surface area contributed by atoms with Crippen LogP contribution in [-0.2, 0) is 0 Å². The van der Waals surface area contributed by atoms with Gasteiger partial charge < -0.3 is 5.11 Å². The highest BCUT2D eigenvalue weighted by Gasteiger charge is 2.38. The molecule has 2 rings (SSSR count). The van der Waals surface area contributed by atoms with Crippen LogP contribution in [0.3, 0.4) is 0 Å². The summed E-state index contributed by atoms with van der Waals surface area (Å²) < 4.78 is 0. The Bertz CT molecular complexity index is 336. The first-order valence-electron chi connectivity index (χ1n) is 4.46. The van der Waals surface area contributed by atoms with Gasteiger partial charge in [0.2, 0.25) is 0 Å². The lowest BCUT2D eigenvalue weighted by Gasteiger charge is -2.13. The third kappa shape index (κ3) is 2.12. The second-order valence-corrected chi connectivity index (χ2v) is 4.46. The van der Waals surface area contributed by atoms with E-state index >= 15 is 0 Å². The normalized spacial score (nSPS) is 20.2. The first-order chi connectivity index (χ1) is 6.18. The lowest BCUT2D eigenvalue weighted by atomic mass is 10.0. The Hall–Kier alpha value is -0.780. The van der Waals surface area contributed by atoms with Crippen LogP contribution in [0.2, 0.25) is 0 Å². The molecule has 1 aliphatic rings. The topological polar surface area (TPSA) is 20.2 Å². The van der Waals surface area contributed by atoms with Crippen LogP contribution in [0.4, 0.5) is 0 Å². The van der Waals surface area contributed by atoms with Gasteiger partial charge in [-0.2, -0.15) is 11.3 Å². The first kappa shape index (κ1) is 8.80. The number of aliphatic hydroxyl groups is 1. The minimum atomic E-state index is -0.776. The van der Waals surface area contributed by atoms with E-state index in [2.05, 4.69) is 11.8 Å². The van der Waals surface area contributed by atoms with Gasteiger partial charge in [-0.15, -0.1) is 0 Å². The second kappa shape index (κ2) is 3.17. The molecular formula is C11H12OS. The summed E-state index contributed by atoms with van der Waals surface area (Å²) in [5.41, 5.74) is 0.230. The SMILES string of the molecule is CC(O)(C#Cc1ccsc1)C1CC1. The summed E-state index contributed by atoms with van der Waals surface area (Å²) in [5, 5.41) is 13.9. The molecule has 1 unspecified atom stereocenters. The van der Waals surface area contributed by atoms with Gasteiger partial charge in [0, 0.05) is 10.9 Å². The van der Waals surface area contributed by atoms with E-state index in [4.69, 9.17) is 0 Å². The molecule has 1 aromatic heterocycles. The molecule has 68 valence electrons. The van der Waals surface area contributed by atoms with Crippen LogP contribution in [0.1, 0.15) is 25.3 Å². The molecule has 0 spiro atoms. The van der Waals surface area contributed by atoms with E-state index in [1.54, 1.807) is 11.3 Å². The summed E-state index contributed by atoms with van der Waals surface area (Å²) >= 11 is 1.63. The third-order valence-electron chi connectivity index (χ3n) is 2.35. The molecule has 1 N–H and O–H groups in total. The lowest BCUT2D eigenvalue weighted by molar-refractivity contribution is 0.0980. The van der Waals surface area contributed by atoms with Gasteiger partial charge in [0.15, 0.2) is 0 Å². The van der Waals surface area contributed by atoms with E-state index in [9.17, 15) is 5.11 Å². The second-order valence-electron chi connectivity index (χ2n) is 3.68. The van der Waals surface area contributed by atoms with E-state index < -0.39 is 5.60 Å². The molecule has 0 saturated heterocycles. The van der Waals surface area contributed by atoms with Crippen LogP contribution < -0.4 is 0 Å². The van der Waals surface area contributed by atoms with E-state index in [1.807, 2.05) is 23.8 Å². The Morgan fingerprint density at radius 1 is 1.62 bits per heavy atom. The Kier molecular flexibility index (Phi) is 2.15. The highest BCUT2D eigenvalue weighted by molar-refractivity contribution is 7.08. The van der Waals surface area contributed by atoms with Crippen molar-refractivity contribution < 1.29 is 5.11 Å². The average Bonchev–Trinajstić information content (AvgIpc) is 2.82. The van der Waals surface area contributed by atoms with Crippen molar-refractivity contribution in [2.75, 3.05) is 0 Å². The summed E-state index contributed by atoms with van der Waals surface area (Å²) in [5.74, 6) is 6.33. The van der Waals surface area contributed by atoms with Crippen LogP contribution >= 0.6 is 11.3 Å². The predicted octanol–water partition coefficient (Wildman–Crippen LogP) is 2.26. The standard InChI is InChI=1S/C11H12OS/c1-11(12,10-2-3-10)6-4-9-5-7-13-8-9/h5,7-8,10,12H,2-3H2,1H3. The lowest BCUT2D eigenvalue weighted by Crippen LogP contribution is -2.24. The molecule has 1 saturated carbocycles. The van der Waals surface area contributed by atoms with Gasteiger partial charge in [-0.1, -0.05) is 11.8 Å². The Morgan fingerprint density at radius 2 is 2.38 bits per heavy atom. The minimum absolute atomic E-state index is 0.402. The van der Waals surface area contributed by atoms with E-state index in [-0.39, 0.29) is 0 Å². The van der Waals surface area contributed by atoms with Crippen LogP contribution in [-0.4, -0.2) is 10.7 Å². The Balaban J connectivity index is 2.11. The van der Waals surface area contributed by atoms with Crippen molar-refractivity contribution in [3.8, 4) is 11.8 Å². The maximum atomic E-state index is 9.88. The summed E-state index contributed by atoms with van der Waals surface area (Å²) in [6, 6.07) is 1.97. The molecule has 1 nitrogen and oxygen atoms in total. The molecule has 0 amide bonds. The number of thiophene rings is 1. The van der Waals surface area contributed by atoms with Gasteiger partial charge in [-0.05, 0) is 37.1 Å². The number of rotatable bonds is 1. The maximum Gasteiger partial charge on any atom is 0.125 e. The fraction of sp³-hybridized carbons (Fsp3) is 0.455. The molecule has 13 heavy (non-hydrogen) atoms. The van der Waals surface area contributed by atoms with Gasteiger partial charge in [0.25, 0.3) is 0 Å². The van der Waals surface area contributed by atoms with Gasteiger partial charge in [-0.3, -0.25) is 0 Å². The van der Waals surface area contributed by atoms with E-state index in [1.165, 1.54) is 0 Å². The molecule has 1 atom stereocenters. The minimum Gasteiger partial charge on any atom is -0.378 e. The zero-order chi connectivity index (χ0) is 9.31. The summed E-state index contributed by atoms with van der Waals surface area (Å²) in [6.07, 6.45) is 2.23. The zero-order valence-electron chi connectivity index (χ0n) is 7.58. The molecule has 1 aliphatic carbocycles. The largest absolute Gasteiger partial charge is 0.378 e. The quantitative estimate of drug-likeness (QED) is 0.677. The van der Waals surface area contributed by atoms with Gasteiger partial charge in [-0.25, -0.2) is 0 Å². The highest BCUT2D eigenvalue weighted by atomic mass is 32.1. The fourth-order valence-electron chi connectivity index (χ4n) is 1.28. The summed E-state index contributed by atoms with van der Waals surface area (Å²) in [6.45, 7) is 1.81. The van der Waals surface area contributed by atoms with Gasteiger partial charge >= 0.3 is 0 Å². The van der Waals surface area contributed by atoms with Crippen molar-refractivity contribution >= 4 is 11.3 Å². The van der Waals surface area contributed by atoms with Gasteiger partial charge in [0.05, 0.1) is 0 Å². The Labute approximate surface area is 82.4 Å². The van der Waals surface area contributed by atoms with Crippen molar-refractivity contribution in [2.45, 2.75) is 25.4 Å². The summed E-state index contributed by atoms with van der Waals surface area (Å²) in [4.78, 5) is 0. The molecule has 2 heteroatoms. The monoisotopic (exact) mass is 192 g/mol. The number of hydrogen-bond acceptors (Lipinski definition) is 2. The van der Waals surface area contributed by atoms with Crippen molar-refractivity contribution in [3.05, 3.63) is 22.4 Å². The van der Waals surface area contributed by atoms with Crippen LogP contribution in [0.25, 0.3) is 0 Å². The van der Waals surface area contributed by atoms with Crippen LogP contribution in [0.5, 0.6) is 0 Å². The van der Waals surface area contributed by atoms with Crippen LogP contribution in [0.15, 0.2) is 16.8 Å². The molecule has 0 bridgehead atoms. The molecule has 0 aliphatic heterocycles. The molecule has 1 fully saturated rings. The first-order valence-corrected chi connectivity index (χ1v) is 5.40. The molecule has 0 aromatic carbocycles. The average molecular weight is 192 g/mol. The van der Waals surface area contributed by atoms with Crippen molar-refractivity contribution in [1.82, 2.24) is 0 Å². The van der Waals surface area contributed by atoms with Gasteiger partial charge in [0.1, 0.15) is 5.60 Å². The molecule has 1 heterocycles. The number of hydrogen-bond donors (Lipinski definition) is 1. The maximum absolute atomic E-state index is 9.88. The van der Waals surface area contributed by atoms with E-state index in [0.29, 0.717) is 5.92 Å². The zero-order valence-corrected chi connectivity index (χ0v) is 8.40. The van der Waals surface area contributed by atoms with E-state index in [0.717, 1.165) is 18.4 Å². The van der Waals surface area contributed by atoms with Crippen molar-refractivity contribution in [2.24, 2.45) is 5.92 Å². The molecule has 0 radical (unpaired) electrons. The summed E-state index contributed by atoms with van der Waals surface area (Å²) in [7, 11) is 0. The van der Waals surface area contributed by atoms with Crippen molar-refractivity contribution in [3.63, 3.8) is 0 Å². The smallest absolute Gasteiger partial charge is 0.125 e. The predicted molar refractivity (Wildman–Crippen MR) is 54.5 cm³/mol. The van der Waals surface area contributed by atoms with Crippen LogP contribution in [0, 0.1) is 17.8 Å². The highest BCUT2D eigenvalue weighted by Crippen LogP contribution is 2.39. The Morgan fingerprint density at radius 3 is 2.92 bits per heavy atom. The molecule has 1 aromatic rings. The fourth-order valence-corrected chi connectivity index (χ4v) is 1.87. The van der Waals surface area contributed by atoms with Crippen molar-refractivity contribution in [1.29, 1.82) is 0 Å². The third-order valence-corrected chi connectivity index (χ3v) is 3.04. The molecular weight excluding hydrogens is 180 g/mol.